The smallest absolute Gasteiger partial charge is 0.277 e. The maximum Gasteiger partial charge on any atom is 0.277 e. The minimum Gasteiger partial charge on any atom is -0.444 e. The van der Waals surface area contributed by atoms with Crippen molar-refractivity contribution in [2.75, 3.05) is 11.9 Å². The van der Waals surface area contributed by atoms with Gasteiger partial charge in [0.1, 0.15) is 6.26 Å². The number of anilines is 1. The van der Waals surface area contributed by atoms with Gasteiger partial charge in [-0.25, -0.2) is 4.98 Å². The normalized spacial score (nSPS) is 16.1. The number of carbonyl (C=O) groups excluding carboxylic acids is 2. The minimum atomic E-state index is -0.737. The van der Waals surface area contributed by atoms with Gasteiger partial charge >= 0.3 is 0 Å². The van der Waals surface area contributed by atoms with Gasteiger partial charge in [-0.05, 0) is 31.9 Å². The van der Waals surface area contributed by atoms with Gasteiger partial charge in [0.2, 0.25) is 5.89 Å². The SMILES string of the molecule is Cc1cc(-c2nc(C(=O)Nc3cn(CC4CCCO4)nc3C(N)=O)co2)ccn1. The third kappa shape index (κ3) is 4.16. The zero-order valence-corrected chi connectivity index (χ0v) is 15.8. The van der Waals surface area contributed by atoms with E-state index in [4.69, 9.17) is 14.9 Å². The summed E-state index contributed by atoms with van der Waals surface area (Å²) in [5.41, 5.74) is 7.17. The minimum absolute atomic E-state index is 0.0233. The van der Waals surface area contributed by atoms with Crippen molar-refractivity contribution >= 4 is 17.5 Å². The Morgan fingerprint density at radius 3 is 3.00 bits per heavy atom. The highest BCUT2D eigenvalue weighted by molar-refractivity contribution is 6.07. The van der Waals surface area contributed by atoms with E-state index in [1.807, 2.05) is 6.92 Å². The lowest BCUT2D eigenvalue weighted by Gasteiger charge is -2.08. The van der Waals surface area contributed by atoms with E-state index >= 15 is 0 Å². The van der Waals surface area contributed by atoms with Gasteiger partial charge in [0, 0.05) is 30.3 Å². The van der Waals surface area contributed by atoms with E-state index in [-0.39, 0.29) is 23.2 Å². The molecule has 1 unspecified atom stereocenters. The molecule has 4 rings (SSSR count). The molecule has 4 heterocycles. The number of pyridine rings is 1. The van der Waals surface area contributed by atoms with E-state index in [0.29, 0.717) is 24.6 Å². The van der Waals surface area contributed by atoms with Crippen molar-refractivity contribution in [1.82, 2.24) is 19.7 Å². The van der Waals surface area contributed by atoms with Gasteiger partial charge in [-0.15, -0.1) is 0 Å². The molecule has 0 aliphatic carbocycles. The van der Waals surface area contributed by atoms with E-state index in [0.717, 1.165) is 18.5 Å². The first-order valence-electron chi connectivity index (χ1n) is 9.18. The van der Waals surface area contributed by atoms with Gasteiger partial charge in [0.25, 0.3) is 11.8 Å². The Morgan fingerprint density at radius 1 is 1.41 bits per heavy atom. The summed E-state index contributed by atoms with van der Waals surface area (Å²) >= 11 is 0. The predicted octanol–water partition coefficient (Wildman–Crippen LogP) is 1.77. The third-order valence-corrected chi connectivity index (χ3v) is 4.54. The van der Waals surface area contributed by atoms with Crippen LogP contribution in [0.15, 0.2) is 35.2 Å². The lowest BCUT2D eigenvalue weighted by Crippen LogP contribution is -2.18. The average molecular weight is 396 g/mol. The molecule has 0 aromatic carbocycles. The molecule has 0 bridgehead atoms. The maximum atomic E-state index is 12.6. The molecule has 0 saturated carbocycles. The Balaban J connectivity index is 1.52. The second-order valence-corrected chi connectivity index (χ2v) is 6.79. The molecule has 3 aromatic heterocycles. The molecule has 1 fully saturated rings. The van der Waals surface area contributed by atoms with Crippen LogP contribution in [0.2, 0.25) is 0 Å². The van der Waals surface area contributed by atoms with Crippen LogP contribution in [-0.4, -0.2) is 44.3 Å². The summed E-state index contributed by atoms with van der Waals surface area (Å²) in [6, 6.07) is 3.54. The zero-order chi connectivity index (χ0) is 20.4. The lowest BCUT2D eigenvalue weighted by molar-refractivity contribution is 0.0927. The van der Waals surface area contributed by atoms with Crippen LogP contribution in [0.4, 0.5) is 5.69 Å². The summed E-state index contributed by atoms with van der Waals surface area (Å²) in [6.45, 7) is 3.04. The van der Waals surface area contributed by atoms with Gasteiger partial charge in [0.05, 0.1) is 18.3 Å². The van der Waals surface area contributed by atoms with Crippen LogP contribution >= 0.6 is 0 Å². The van der Waals surface area contributed by atoms with Crippen molar-refractivity contribution in [3.8, 4) is 11.5 Å². The molecule has 1 aliphatic heterocycles. The van der Waals surface area contributed by atoms with Gasteiger partial charge < -0.3 is 20.2 Å². The molecule has 10 heteroatoms. The fraction of sp³-hybridized carbons (Fsp3) is 0.316. The van der Waals surface area contributed by atoms with Crippen LogP contribution in [0.5, 0.6) is 0 Å². The van der Waals surface area contributed by atoms with Crippen molar-refractivity contribution in [3.05, 3.63) is 47.9 Å². The topological polar surface area (TPSA) is 138 Å². The van der Waals surface area contributed by atoms with E-state index in [1.165, 1.54) is 6.26 Å². The monoisotopic (exact) mass is 396 g/mol. The van der Waals surface area contributed by atoms with E-state index in [9.17, 15) is 9.59 Å². The van der Waals surface area contributed by atoms with Gasteiger partial charge in [-0.2, -0.15) is 5.10 Å². The number of ether oxygens (including phenoxy) is 1. The molecule has 0 spiro atoms. The summed E-state index contributed by atoms with van der Waals surface area (Å²) in [4.78, 5) is 32.7. The van der Waals surface area contributed by atoms with Crippen molar-refractivity contribution in [2.45, 2.75) is 32.4 Å². The number of aryl methyl sites for hydroxylation is 1. The summed E-state index contributed by atoms with van der Waals surface area (Å²) in [7, 11) is 0. The van der Waals surface area contributed by atoms with Crippen molar-refractivity contribution < 1.29 is 18.7 Å². The number of rotatable bonds is 6. The van der Waals surface area contributed by atoms with Gasteiger partial charge in [0.15, 0.2) is 11.4 Å². The van der Waals surface area contributed by atoms with Crippen molar-refractivity contribution in [3.63, 3.8) is 0 Å². The van der Waals surface area contributed by atoms with Gasteiger partial charge in [-0.1, -0.05) is 0 Å². The fourth-order valence-corrected chi connectivity index (χ4v) is 3.16. The molecular weight excluding hydrogens is 376 g/mol. The van der Waals surface area contributed by atoms with Crippen LogP contribution in [0, 0.1) is 6.92 Å². The predicted molar refractivity (Wildman–Crippen MR) is 102 cm³/mol. The lowest BCUT2D eigenvalue weighted by atomic mass is 10.2. The second kappa shape index (κ2) is 7.84. The van der Waals surface area contributed by atoms with Crippen molar-refractivity contribution in [1.29, 1.82) is 0 Å². The van der Waals surface area contributed by atoms with E-state index in [2.05, 4.69) is 20.4 Å². The Morgan fingerprint density at radius 2 is 2.28 bits per heavy atom. The number of nitrogens with one attached hydrogen (secondary N) is 1. The number of hydrogen-bond acceptors (Lipinski definition) is 7. The second-order valence-electron chi connectivity index (χ2n) is 6.79. The van der Waals surface area contributed by atoms with E-state index < -0.39 is 11.8 Å². The molecule has 10 nitrogen and oxygen atoms in total. The van der Waals surface area contributed by atoms with Crippen LogP contribution in [0.3, 0.4) is 0 Å². The Bertz CT molecular complexity index is 1050. The van der Waals surface area contributed by atoms with Crippen LogP contribution in [-0.2, 0) is 11.3 Å². The summed E-state index contributed by atoms with van der Waals surface area (Å²) in [5, 5.41) is 6.81. The fourth-order valence-electron chi connectivity index (χ4n) is 3.16. The number of oxazole rings is 1. The number of nitrogens with zero attached hydrogens (tertiary/aromatic N) is 4. The zero-order valence-electron chi connectivity index (χ0n) is 15.8. The number of amides is 2. The van der Waals surface area contributed by atoms with E-state index in [1.54, 1.807) is 29.2 Å². The summed E-state index contributed by atoms with van der Waals surface area (Å²) in [5.74, 6) is -0.978. The number of hydrogen-bond donors (Lipinski definition) is 2. The molecule has 29 heavy (non-hydrogen) atoms. The number of carbonyl (C=O) groups is 2. The average Bonchev–Trinajstić information content (AvgIpc) is 3.42. The Kier molecular flexibility index (Phi) is 5.09. The van der Waals surface area contributed by atoms with Gasteiger partial charge in [-0.3, -0.25) is 19.3 Å². The molecule has 150 valence electrons. The van der Waals surface area contributed by atoms with Crippen molar-refractivity contribution in [2.24, 2.45) is 5.73 Å². The first kappa shape index (κ1) is 18.8. The molecule has 1 atom stereocenters. The molecule has 3 aromatic rings. The molecule has 1 aliphatic rings. The maximum absolute atomic E-state index is 12.6. The molecular formula is C19H20N6O4. The highest BCUT2D eigenvalue weighted by Crippen LogP contribution is 2.21. The summed E-state index contributed by atoms with van der Waals surface area (Å²) in [6.07, 6.45) is 6.39. The molecule has 3 N–H and O–H groups in total. The first-order chi connectivity index (χ1) is 14.0. The standard InChI is InChI=1S/C19H20N6O4/c1-11-7-12(4-5-21-11)19-23-15(10-29-19)18(27)22-14-9-25(24-16(14)17(20)26)8-13-3-2-6-28-13/h4-5,7,9-10,13H,2-3,6,8H2,1H3,(H2,20,26)(H,22,27). The first-order valence-corrected chi connectivity index (χ1v) is 9.18. The molecule has 1 saturated heterocycles. The highest BCUT2D eigenvalue weighted by Gasteiger charge is 2.22. The third-order valence-electron chi connectivity index (χ3n) is 4.54. The van der Waals surface area contributed by atoms with Crippen LogP contribution < -0.4 is 11.1 Å². The summed E-state index contributed by atoms with van der Waals surface area (Å²) < 4.78 is 12.5. The Labute approximate surface area is 166 Å². The number of nitrogens with two attached hydrogens (primary N) is 1. The molecule has 2 amide bonds. The number of aromatic nitrogens is 4. The quantitative estimate of drug-likeness (QED) is 0.647. The Hall–Kier alpha value is -3.53. The largest absolute Gasteiger partial charge is 0.444 e. The molecule has 0 radical (unpaired) electrons. The highest BCUT2D eigenvalue weighted by atomic mass is 16.5. The van der Waals surface area contributed by atoms with Crippen LogP contribution in [0.1, 0.15) is 39.5 Å². The number of primary amides is 1. The van der Waals surface area contributed by atoms with Crippen LogP contribution in [0.25, 0.3) is 11.5 Å².